The fraction of sp³-hybridized carbons (Fsp3) is 0.154. The summed E-state index contributed by atoms with van der Waals surface area (Å²) in [5.74, 6) is 0. The van der Waals surface area contributed by atoms with Gasteiger partial charge in [0, 0.05) is 33.9 Å². The molecule has 1 fully saturated rings. The van der Waals surface area contributed by atoms with E-state index in [1.165, 1.54) is 11.1 Å². The van der Waals surface area contributed by atoms with Crippen LogP contribution in [0.4, 0.5) is 5.69 Å². The van der Waals surface area contributed by atoms with E-state index in [2.05, 4.69) is 116 Å². The molecule has 4 aromatic rings. The van der Waals surface area contributed by atoms with Crippen LogP contribution >= 0.6 is 28.1 Å². The summed E-state index contributed by atoms with van der Waals surface area (Å²) >= 11 is 9.50. The maximum Gasteiger partial charge on any atom is 0.174 e. The van der Waals surface area contributed by atoms with Gasteiger partial charge >= 0.3 is 0 Å². The molecule has 3 heterocycles. The fourth-order valence-electron chi connectivity index (χ4n) is 4.40. The molecule has 2 aromatic carbocycles. The Kier molecular flexibility index (Phi) is 5.57. The van der Waals surface area contributed by atoms with E-state index >= 15 is 0 Å². The van der Waals surface area contributed by atoms with Crippen LogP contribution in [-0.4, -0.2) is 14.7 Å². The van der Waals surface area contributed by atoms with Crippen molar-refractivity contribution in [2.24, 2.45) is 0 Å². The lowest BCUT2D eigenvalue weighted by Gasteiger charge is -2.29. The normalized spacial score (nSPS) is 18.1. The molecule has 160 valence electrons. The second kappa shape index (κ2) is 8.52. The zero-order valence-corrected chi connectivity index (χ0v) is 20.3. The maximum atomic E-state index is 5.88. The molecular formula is C26H23BrN4S. The predicted molar refractivity (Wildman–Crippen MR) is 137 cm³/mol. The van der Waals surface area contributed by atoms with E-state index in [1.807, 2.05) is 18.3 Å². The van der Waals surface area contributed by atoms with Crippen LogP contribution in [0.2, 0.25) is 0 Å². The number of aromatic nitrogens is 2. The number of pyridine rings is 1. The van der Waals surface area contributed by atoms with Crippen molar-refractivity contribution in [3.8, 4) is 5.69 Å². The van der Waals surface area contributed by atoms with Gasteiger partial charge < -0.3 is 14.8 Å². The number of hydrogen-bond acceptors (Lipinski definition) is 2. The SMILES string of the molecule is Cc1cc(N2C(=S)N[C@@H](c3ccccn3)[C@@H]2c2cccn2-c2ccccc2C)ccc1Br. The Morgan fingerprint density at radius 2 is 1.75 bits per heavy atom. The number of hydrogen-bond donors (Lipinski definition) is 1. The number of aryl methyl sites for hydroxylation is 2. The van der Waals surface area contributed by atoms with Crippen molar-refractivity contribution in [1.82, 2.24) is 14.9 Å². The van der Waals surface area contributed by atoms with Crippen LogP contribution in [0.25, 0.3) is 5.69 Å². The highest BCUT2D eigenvalue weighted by atomic mass is 79.9. The van der Waals surface area contributed by atoms with Gasteiger partial charge in [-0.2, -0.15) is 0 Å². The van der Waals surface area contributed by atoms with E-state index in [0.717, 1.165) is 27.2 Å². The minimum atomic E-state index is -0.0784. The number of benzene rings is 2. The van der Waals surface area contributed by atoms with Crippen LogP contribution in [0.15, 0.2) is 89.7 Å². The first-order chi connectivity index (χ1) is 15.5. The summed E-state index contributed by atoms with van der Waals surface area (Å²) in [5, 5.41) is 4.25. The number of para-hydroxylation sites is 1. The zero-order chi connectivity index (χ0) is 22.2. The number of rotatable bonds is 4. The number of halogens is 1. The third-order valence-electron chi connectivity index (χ3n) is 5.98. The van der Waals surface area contributed by atoms with Crippen molar-refractivity contribution in [2.45, 2.75) is 25.9 Å². The smallest absolute Gasteiger partial charge is 0.174 e. The molecule has 0 bridgehead atoms. The van der Waals surface area contributed by atoms with Crippen LogP contribution in [0.5, 0.6) is 0 Å². The molecule has 2 aromatic heterocycles. The molecule has 2 atom stereocenters. The highest BCUT2D eigenvalue weighted by molar-refractivity contribution is 9.10. The molecule has 6 heteroatoms. The van der Waals surface area contributed by atoms with Gasteiger partial charge in [-0.25, -0.2) is 0 Å². The van der Waals surface area contributed by atoms with E-state index in [1.54, 1.807) is 0 Å². The van der Waals surface area contributed by atoms with Crippen molar-refractivity contribution in [3.63, 3.8) is 0 Å². The van der Waals surface area contributed by atoms with Crippen molar-refractivity contribution in [1.29, 1.82) is 0 Å². The Morgan fingerprint density at radius 3 is 2.50 bits per heavy atom. The molecule has 1 N–H and O–H groups in total. The topological polar surface area (TPSA) is 33.1 Å². The summed E-state index contributed by atoms with van der Waals surface area (Å²) in [6, 6.07) is 25.0. The summed E-state index contributed by atoms with van der Waals surface area (Å²) in [5.41, 5.74) is 6.73. The standard InChI is InChI=1S/C26H23BrN4S/c1-17-8-3-4-10-22(17)30-15-7-11-23(30)25-24(21-9-5-6-14-28-21)29-26(32)31(25)19-12-13-20(27)18(2)16-19/h3-16,24-25H,1-2H3,(H,29,32)/t24-,25-/m0/s1. The quantitative estimate of drug-likeness (QED) is 0.326. The molecule has 1 aliphatic rings. The third-order valence-corrected chi connectivity index (χ3v) is 7.18. The first-order valence-corrected chi connectivity index (χ1v) is 11.7. The molecular weight excluding hydrogens is 480 g/mol. The van der Waals surface area contributed by atoms with Gasteiger partial charge in [0.15, 0.2) is 5.11 Å². The number of thiocarbonyl (C=S) groups is 1. The van der Waals surface area contributed by atoms with Crippen molar-refractivity contribution in [3.05, 3.63) is 112 Å². The van der Waals surface area contributed by atoms with E-state index in [-0.39, 0.29) is 12.1 Å². The van der Waals surface area contributed by atoms with Crippen molar-refractivity contribution < 1.29 is 0 Å². The number of nitrogens with zero attached hydrogens (tertiary/aromatic N) is 3. The summed E-state index contributed by atoms with van der Waals surface area (Å²) < 4.78 is 3.35. The van der Waals surface area contributed by atoms with Crippen molar-refractivity contribution in [2.75, 3.05) is 4.90 Å². The van der Waals surface area contributed by atoms with Gasteiger partial charge in [-0.1, -0.05) is 40.2 Å². The zero-order valence-electron chi connectivity index (χ0n) is 17.9. The van der Waals surface area contributed by atoms with Crippen molar-refractivity contribution >= 4 is 38.9 Å². The maximum absolute atomic E-state index is 5.88. The van der Waals surface area contributed by atoms with Gasteiger partial charge in [0.05, 0.1) is 11.7 Å². The third kappa shape index (κ3) is 3.63. The first kappa shape index (κ1) is 20.9. The van der Waals surface area contributed by atoms with Crippen LogP contribution in [0.3, 0.4) is 0 Å². The van der Waals surface area contributed by atoms with Gasteiger partial charge in [0.25, 0.3) is 0 Å². The Labute approximate surface area is 202 Å². The lowest BCUT2D eigenvalue weighted by molar-refractivity contribution is 0.549. The molecule has 5 rings (SSSR count). The molecule has 0 unspecified atom stereocenters. The Morgan fingerprint density at radius 1 is 0.938 bits per heavy atom. The number of anilines is 1. The average molecular weight is 503 g/mol. The molecule has 0 saturated carbocycles. The first-order valence-electron chi connectivity index (χ1n) is 10.5. The molecule has 0 spiro atoms. The Hall–Kier alpha value is -2.96. The van der Waals surface area contributed by atoms with Gasteiger partial charge in [0.2, 0.25) is 0 Å². The summed E-state index contributed by atoms with van der Waals surface area (Å²) in [6.45, 7) is 4.24. The van der Waals surface area contributed by atoms with Gasteiger partial charge in [-0.15, -0.1) is 0 Å². The second-order valence-electron chi connectivity index (χ2n) is 8.02. The number of nitrogens with one attached hydrogen (secondary N) is 1. The summed E-state index contributed by atoms with van der Waals surface area (Å²) in [4.78, 5) is 6.89. The monoisotopic (exact) mass is 502 g/mol. The Balaban J connectivity index is 1.69. The lowest BCUT2D eigenvalue weighted by atomic mass is 10.00. The Bertz CT molecular complexity index is 1280. The largest absolute Gasteiger partial charge is 0.351 e. The predicted octanol–water partition coefficient (Wildman–Crippen LogP) is 6.43. The minimum Gasteiger partial charge on any atom is -0.351 e. The van der Waals surface area contributed by atoms with Gasteiger partial charge in [-0.3, -0.25) is 4.98 Å². The average Bonchev–Trinajstić information content (AvgIpc) is 3.41. The molecule has 1 aliphatic heterocycles. The molecule has 32 heavy (non-hydrogen) atoms. The molecule has 4 nitrogen and oxygen atoms in total. The van der Waals surface area contributed by atoms with E-state index in [9.17, 15) is 0 Å². The second-order valence-corrected chi connectivity index (χ2v) is 9.26. The fourth-order valence-corrected chi connectivity index (χ4v) is 4.99. The van der Waals surface area contributed by atoms with E-state index < -0.39 is 0 Å². The highest BCUT2D eigenvalue weighted by Gasteiger charge is 2.42. The molecule has 0 radical (unpaired) electrons. The van der Waals surface area contributed by atoms with Crippen LogP contribution < -0.4 is 10.2 Å². The lowest BCUT2D eigenvalue weighted by Crippen LogP contribution is -2.30. The molecule has 0 aliphatic carbocycles. The molecule has 1 saturated heterocycles. The van der Waals surface area contributed by atoms with E-state index in [4.69, 9.17) is 12.2 Å². The van der Waals surface area contributed by atoms with Crippen LogP contribution in [0.1, 0.15) is 34.6 Å². The minimum absolute atomic E-state index is 0.0624. The van der Waals surface area contributed by atoms with Crippen LogP contribution in [-0.2, 0) is 0 Å². The highest BCUT2D eigenvalue weighted by Crippen LogP contribution is 2.43. The summed E-state index contributed by atoms with van der Waals surface area (Å²) in [6.07, 6.45) is 3.96. The van der Waals surface area contributed by atoms with Gasteiger partial charge in [0.1, 0.15) is 6.04 Å². The van der Waals surface area contributed by atoms with Gasteiger partial charge in [-0.05, 0) is 85.7 Å². The molecule has 0 amide bonds. The van der Waals surface area contributed by atoms with E-state index in [0.29, 0.717) is 5.11 Å². The summed E-state index contributed by atoms with van der Waals surface area (Å²) in [7, 11) is 0. The van der Waals surface area contributed by atoms with Crippen LogP contribution in [0, 0.1) is 13.8 Å².